The first-order chi connectivity index (χ1) is 12.3. The second-order valence-electron chi connectivity index (χ2n) is 6.27. The minimum Gasteiger partial charge on any atom is -0.325 e. The van der Waals surface area contributed by atoms with Gasteiger partial charge in [0.1, 0.15) is 0 Å². The first kappa shape index (κ1) is 21.5. The smallest absolute Gasteiger partial charge is 0.282 e. The Morgan fingerprint density at radius 2 is 1.81 bits per heavy atom. The van der Waals surface area contributed by atoms with Gasteiger partial charge in [0.15, 0.2) is 0 Å². The van der Waals surface area contributed by atoms with Crippen LogP contribution in [-0.2, 0) is 15.0 Å². The molecule has 0 aliphatic carbocycles. The predicted molar refractivity (Wildman–Crippen MR) is 112 cm³/mol. The molecule has 1 aromatic carbocycles. The molecule has 0 saturated carbocycles. The Hall–Kier alpha value is -0.750. The van der Waals surface area contributed by atoms with E-state index in [0.717, 1.165) is 14.8 Å². The van der Waals surface area contributed by atoms with Crippen LogP contribution in [0.4, 0.5) is 5.69 Å². The van der Waals surface area contributed by atoms with Crippen LogP contribution in [0.1, 0.15) is 19.4 Å². The highest BCUT2D eigenvalue weighted by atomic mass is 127. The number of rotatable bonds is 7. The molecule has 1 aromatic rings. The Morgan fingerprint density at radius 3 is 2.35 bits per heavy atom. The number of aryl methyl sites for hydroxylation is 1. The maximum Gasteiger partial charge on any atom is 0.282 e. The van der Waals surface area contributed by atoms with Crippen molar-refractivity contribution in [1.82, 2.24) is 13.5 Å². The zero-order valence-electron chi connectivity index (χ0n) is 15.5. The van der Waals surface area contributed by atoms with Crippen LogP contribution in [0.15, 0.2) is 18.2 Å². The van der Waals surface area contributed by atoms with Crippen molar-refractivity contribution in [3.63, 3.8) is 0 Å². The standard InChI is InChI=1S/C17H27IN4O3S/c1-4-21(5-2)26(24,25)22-10-8-20(9-11-22)13-17(23)19-16-7-6-15(18)12-14(16)3/h6-7,12H,4-5,8-11,13H2,1-3H3,(H,19,23). The number of anilines is 1. The zero-order valence-corrected chi connectivity index (χ0v) is 18.5. The third-order valence-corrected chi connectivity index (χ3v) is 7.38. The van der Waals surface area contributed by atoms with E-state index >= 15 is 0 Å². The highest BCUT2D eigenvalue weighted by molar-refractivity contribution is 14.1. The Balaban J connectivity index is 1.87. The van der Waals surface area contributed by atoms with E-state index in [2.05, 4.69) is 27.9 Å². The summed E-state index contributed by atoms with van der Waals surface area (Å²) in [5.41, 5.74) is 1.85. The predicted octanol–water partition coefficient (Wildman–Crippen LogP) is 1.74. The summed E-state index contributed by atoms with van der Waals surface area (Å²) in [5.74, 6) is -0.0747. The molecule has 1 saturated heterocycles. The van der Waals surface area contributed by atoms with Gasteiger partial charge in [-0.25, -0.2) is 0 Å². The lowest BCUT2D eigenvalue weighted by molar-refractivity contribution is -0.117. The highest BCUT2D eigenvalue weighted by Crippen LogP contribution is 2.18. The summed E-state index contributed by atoms with van der Waals surface area (Å²) in [6.45, 7) is 8.79. The number of carbonyl (C=O) groups is 1. The zero-order chi connectivity index (χ0) is 19.3. The SMILES string of the molecule is CCN(CC)S(=O)(=O)N1CCN(CC(=O)Nc2ccc(I)cc2C)CC1. The van der Waals surface area contributed by atoms with E-state index in [4.69, 9.17) is 0 Å². The quantitative estimate of drug-likeness (QED) is 0.587. The van der Waals surface area contributed by atoms with Gasteiger partial charge in [0, 0.05) is 48.5 Å². The van der Waals surface area contributed by atoms with Crippen molar-refractivity contribution in [2.24, 2.45) is 0 Å². The Bertz CT molecular complexity index is 730. The number of piperazine rings is 1. The summed E-state index contributed by atoms with van der Waals surface area (Å²) in [4.78, 5) is 14.3. The van der Waals surface area contributed by atoms with Gasteiger partial charge < -0.3 is 5.32 Å². The average Bonchev–Trinajstić information content (AvgIpc) is 2.59. The molecule has 0 bridgehead atoms. The van der Waals surface area contributed by atoms with Gasteiger partial charge >= 0.3 is 0 Å². The van der Waals surface area contributed by atoms with Gasteiger partial charge in [0.2, 0.25) is 5.91 Å². The van der Waals surface area contributed by atoms with Gasteiger partial charge in [-0.05, 0) is 53.3 Å². The van der Waals surface area contributed by atoms with Gasteiger partial charge in [-0.3, -0.25) is 9.69 Å². The van der Waals surface area contributed by atoms with Gasteiger partial charge in [0.25, 0.3) is 10.2 Å². The van der Waals surface area contributed by atoms with Crippen molar-refractivity contribution in [2.75, 3.05) is 51.1 Å². The number of halogens is 1. The van der Waals surface area contributed by atoms with Crippen LogP contribution in [-0.4, -0.2) is 73.6 Å². The fraction of sp³-hybridized carbons (Fsp3) is 0.588. The van der Waals surface area contributed by atoms with Crippen LogP contribution < -0.4 is 5.32 Å². The van der Waals surface area contributed by atoms with Crippen molar-refractivity contribution in [1.29, 1.82) is 0 Å². The molecule has 1 aliphatic heterocycles. The minimum atomic E-state index is -3.40. The monoisotopic (exact) mass is 494 g/mol. The summed E-state index contributed by atoms with van der Waals surface area (Å²) in [5, 5.41) is 2.94. The molecule has 1 amide bonds. The molecular weight excluding hydrogens is 467 g/mol. The third kappa shape index (κ3) is 5.38. The van der Waals surface area contributed by atoms with Gasteiger partial charge in [-0.15, -0.1) is 0 Å². The Morgan fingerprint density at radius 1 is 1.19 bits per heavy atom. The lowest BCUT2D eigenvalue weighted by Gasteiger charge is -2.35. The van der Waals surface area contributed by atoms with E-state index < -0.39 is 10.2 Å². The maximum absolute atomic E-state index is 12.5. The van der Waals surface area contributed by atoms with E-state index in [9.17, 15) is 13.2 Å². The number of nitrogens with zero attached hydrogens (tertiary/aromatic N) is 3. The molecule has 0 spiro atoms. The molecule has 9 heteroatoms. The molecule has 7 nitrogen and oxygen atoms in total. The summed E-state index contributed by atoms with van der Waals surface area (Å²) >= 11 is 2.24. The first-order valence-electron chi connectivity index (χ1n) is 8.81. The van der Waals surface area contributed by atoms with E-state index in [0.29, 0.717) is 39.3 Å². The molecule has 0 unspecified atom stereocenters. The van der Waals surface area contributed by atoms with Crippen molar-refractivity contribution >= 4 is 44.4 Å². The Kier molecular flexibility index (Phi) is 7.83. The van der Waals surface area contributed by atoms with E-state index in [1.807, 2.05) is 43.9 Å². The highest BCUT2D eigenvalue weighted by Gasteiger charge is 2.31. The molecular formula is C17H27IN4O3S. The molecule has 2 rings (SSSR count). The number of hydrogen-bond acceptors (Lipinski definition) is 4. The maximum atomic E-state index is 12.5. The third-order valence-electron chi connectivity index (χ3n) is 4.52. The topological polar surface area (TPSA) is 73.0 Å². The fourth-order valence-electron chi connectivity index (χ4n) is 2.99. The second kappa shape index (κ2) is 9.45. The average molecular weight is 494 g/mol. The largest absolute Gasteiger partial charge is 0.325 e. The molecule has 26 heavy (non-hydrogen) atoms. The molecule has 1 fully saturated rings. The number of benzene rings is 1. The number of carbonyl (C=O) groups excluding carboxylic acids is 1. The second-order valence-corrected chi connectivity index (χ2v) is 9.45. The van der Waals surface area contributed by atoms with Crippen LogP contribution in [0.2, 0.25) is 0 Å². The summed E-state index contributed by atoms with van der Waals surface area (Å²) < 4.78 is 29.2. The fourth-order valence-corrected chi connectivity index (χ4v) is 5.24. The van der Waals surface area contributed by atoms with E-state index in [-0.39, 0.29) is 12.5 Å². The van der Waals surface area contributed by atoms with Crippen molar-refractivity contribution in [2.45, 2.75) is 20.8 Å². The van der Waals surface area contributed by atoms with Crippen LogP contribution in [0, 0.1) is 10.5 Å². The number of nitrogens with one attached hydrogen (secondary N) is 1. The lowest BCUT2D eigenvalue weighted by atomic mass is 10.2. The molecule has 0 aromatic heterocycles. The van der Waals surface area contributed by atoms with Crippen molar-refractivity contribution in [3.05, 3.63) is 27.3 Å². The van der Waals surface area contributed by atoms with Gasteiger partial charge in [-0.2, -0.15) is 17.0 Å². The normalized spacial score (nSPS) is 16.8. The molecule has 1 N–H and O–H groups in total. The lowest BCUT2D eigenvalue weighted by Crippen LogP contribution is -2.54. The van der Waals surface area contributed by atoms with Crippen LogP contribution >= 0.6 is 22.6 Å². The van der Waals surface area contributed by atoms with Gasteiger partial charge in [-0.1, -0.05) is 13.8 Å². The number of hydrogen-bond donors (Lipinski definition) is 1. The summed E-state index contributed by atoms with van der Waals surface area (Å²) in [7, 11) is -3.40. The van der Waals surface area contributed by atoms with Crippen LogP contribution in [0.5, 0.6) is 0 Å². The van der Waals surface area contributed by atoms with Crippen LogP contribution in [0.25, 0.3) is 0 Å². The number of amides is 1. The van der Waals surface area contributed by atoms with Crippen molar-refractivity contribution < 1.29 is 13.2 Å². The summed E-state index contributed by atoms with van der Waals surface area (Å²) in [6, 6.07) is 5.89. The van der Waals surface area contributed by atoms with E-state index in [1.54, 1.807) is 0 Å². The Labute approximate surface area is 170 Å². The van der Waals surface area contributed by atoms with E-state index in [1.165, 1.54) is 8.61 Å². The molecule has 0 radical (unpaired) electrons. The van der Waals surface area contributed by atoms with Crippen LogP contribution in [0.3, 0.4) is 0 Å². The van der Waals surface area contributed by atoms with Crippen molar-refractivity contribution in [3.8, 4) is 0 Å². The molecule has 0 atom stereocenters. The summed E-state index contributed by atoms with van der Waals surface area (Å²) in [6.07, 6.45) is 0. The first-order valence-corrected chi connectivity index (χ1v) is 11.3. The molecule has 1 heterocycles. The molecule has 1 aliphatic rings. The minimum absolute atomic E-state index is 0.0747. The molecule has 146 valence electrons. The van der Waals surface area contributed by atoms with Gasteiger partial charge in [0.05, 0.1) is 6.54 Å².